The van der Waals surface area contributed by atoms with Crippen LogP contribution >= 0.6 is 15.9 Å². The fourth-order valence-electron chi connectivity index (χ4n) is 3.02. The summed E-state index contributed by atoms with van der Waals surface area (Å²) in [5.74, 6) is 1.06. The van der Waals surface area contributed by atoms with Crippen LogP contribution in [0.4, 0.5) is 11.5 Å². The third-order valence-corrected chi connectivity index (χ3v) is 5.31. The van der Waals surface area contributed by atoms with Gasteiger partial charge in [-0.3, -0.25) is 4.72 Å². The van der Waals surface area contributed by atoms with E-state index in [4.69, 9.17) is 10.5 Å². The summed E-state index contributed by atoms with van der Waals surface area (Å²) in [5.41, 5.74) is 10.6. The van der Waals surface area contributed by atoms with E-state index in [0.717, 1.165) is 38.5 Å². The van der Waals surface area contributed by atoms with Gasteiger partial charge >= 0.3 is 0 Å². The highest BCUT2D eigenvalue weighted by Gasteiger charge is 2.16. The van der Waals surface area contributed by atoms with Crippen LogP contribution in [-0.4, -0.2) is 26.8 Å². The van der Waals surface area contributed by atoms with E-state index in [1.807, 2.05) is 37.3 Å². The average Bonchev–Trinajstić information content (AvgIpc) is 2.63. The summed E-state index contributed by atoms with van der Waals surface area (Å²) in [7, 11) is -1.83. The number of hydrogen-bond donors (Lipinski definition) is 2. The molecule has 1 heterocycles. The van der Waals surface area contributed by atoms with E-state index < -0.39 is 10.0 Å². The minimum Gasteiger partial charge on any atom is -0.496 e. The largest absolute Gasteiger partial charge is 0.496 e. The Morgan fingerprint density at radius 1 is 1.11 bits per heavy atom. The average molecular weight is 462 g/mol. The van der Waals surface area contributed by atoms with Crippen LogP contribution in [0.15, 0.2) is 53.1 Å². The van der Waals surface area contributed by atoms with E-state index in [2.05, 4.69) is 25.6 Å². The number of nitrogens with zero attached hydrogens (tertiary/aromatic N) is 1. The minimum atomic E-state index is -3.43. The first kappa shape index (κ1) is 20.2. The molecule has 6 nitrogen and oxygen atoms in total. The molecule has 146 valence electrons. The number of benzene rings is 2. The zero-order valence-corrected chi connectivity index (χ0v) is 18.1. The highest BCUT2D eigenvalue weighted by atomic mass is 79.9. The van der Waals surface area contributed by atoms with Crippen LogP contribution in [-0.2, 0) is 10.0 Å². The van der Waals surface area contributed by atoms with Gasteiger partial charge in [-0.2, -0.15) is 0 Å². The maximum atomic E-state index is 11.8. The van der Waals surface area contributed by atoms with Gasteiger partial charge in [-0.25, -0.2) is 13.4 Å². The SMILES string of the molecule is COc1cc(-c2cc(Br)cnc2N)cc(-c2ccccc2NS(C)(=O)=O)c1C. The Kier molecular flexibility index (Phi) is 5.62. The number of nitrogens with one attached hydrogen (secondary N) is 1. The van der Waals surface area contributed by atoms with Gasteiger partial charge in [0.15, 0.2) is 0 Å². The third-order valence-electron chi connectivity index (χ3n) is 4.29. The lowest BCUT2D eigenvalue weighted by Crippen LogP contribution is -2.10. The molecule has 1 aromatic heterocycles. The number of sulfonamides is 1. The number of rotatable bonds is 5. The van der Waals surface area contributed by atoms with Gasteiger partial charge in [0.1, 0.15) is 11.6 Å². The van der Waals surface area contributed by atoms with E-state index in [1.54, 1.807) is 25.4 Å². The molecule has 0 fully saturated rings. The Bertz CT molecular complexity index is 1150. The number of pyridine rings is 1. The number of anilines is 2. The van der Waals surface area contributed by atoms with E-state index in [0.29, 0.717) is 17.3 Å². The van der Waals surface area contributed by atoms with Crippen molar-refractivity contribution in [3.05, 3.63) is 58.7 Å². The lowest BCUT2D eigenvalue weighted by molar-refractivity contribution is 0.412. The summed E-state index contributed by atoms with van der Waals surface area (Å²) in [6.45, 7) is 1.93. The number of para-hydroxylation sites is 1. The molecule has 0 atom stereocenters. The second-order valence-electron chi connectivity index (χ2n) is 6.36. The molecule has 0 unspecified atom stereocenters. The van der Waals surface area contributed by atoms with Gasteiger partial charge in [0, 0.05) is 21.8 Å². The van der Waals surface area contributed by atoms with Gasteiger partial charge in [-0.1, -0.05) is 18.2 Å². The number of nitrogen functional groups attached to an aromatic ring is 1. The van der Waals surface area contributed by atoms with E-state index in [9.17, 15) is 8.42 Å². The summed E-state index contributed by atoms with van der Waals surface area (Å²) in [4.78, 5) is 4.20. The van der Waals surface area contributed by atoms with Crippen molar-refractivity contribution >= 4 is 37.5 Å². The van der Waals surface area contributed by atoms with Crippen molar-refractivity contribution in [2.24, 2.45) is 0 Å². The molecule has 0 aliphatic rings. The first-order valence-electron chi connectivity index (χ1n) is 8.37. The molecular weight excluding hydrogens is 442 g/mol. The molecule has 0 aliphatic carbocycles. The van der Waals surface area contributed by atoms with Crippen LogP contribution in [0.2, 0.25) is 0 Å². The van der Waals surface area contributed by atoms with Crippen LogP contribution in [0.1, 0.15) is 5.56 Å². The zero-order valence-electron chi connectivity index (χ0n) is 15.7. The molecule has 0 amide bonds. The van der Waals surface area contributed by atoms with Crippen molar-refractivity contribution in [1.29, 1.82) is 0 Å². The Labute approximate surface area is 172 Å². The van der Waals surface area contributed by atoms with Crippen LogP contribution in [0.3, 0.4) is 0 Å². The number of halogens is 1. The summed E-state index contributed by atoms with van der Waals surface area (Å²) in [6, 6.07) is 13.0. The Balaban J connectivity index is 2.27. The first-order valence-corrected chi connectivity index (χ1v) is 11.1. The molecule has 3 aromatic rings. The van der Waals surface area contributed by atoms with Crippen LogP contribution in [0.5, 0.6) is 5.75 Å². The van der Waals surface area contributed by atoms with E-state index in [1.165, 1.54) is 0 Å². The normalized spacial score (nSPS) is 11.3. The Morgan fingerprint density at radius 3 is 2.50 bits per heavy atom. The lowest BCUT2D eigenvalue weighted by atomic mass is 9.93. The Morgan fingerprint density at radius 2 is 1.82 bits per heavy atom. The molecule has 0 saturated heterocycles. The van der Waals surface area contributed by atoms with Gasteiger partial charge in [-0.05, 0) is 63.8 Å². The lowest BCUT2D eigenvalue weighted by Gasteiger charge is -2.17. The maximum Gasteiger partial charge on any atom is 0.229 e. The highest BCUT2D eigenvalue weighted by molar-refractivity contribution is 9.10. The molecule has 0 bridgehead atoms. The van der Waals surface area contributed by atoms with Crippen LogP contribution < -0.4 is 15.2 Å². The summed E-state index contributed by atoms with van der Waals surface area (Å²) in [6.07, 6.45) is 2.76. The van der Waals surface area contributed by atoms with Crippen molar-refractivity contribution in [2.75, 3.05) is 23.8 Å². The number of methoxy groups -OCH3 is 1. The van der Waals surface area contributed by atoms with E-state index >= 15 is 0 Å². The predicted molar refractivity (Wildman–Crippen MR) is 117 cm³/mol. The second-order valence-corrected chi connectivity index (χ2v) is 9.02. The standard InChI is InChI=1S/C20H20BrN3O3S/c1-12-16(15-6-4-5-7-18(15)24-28(3,25)26)8-13(9-19(12)27-2)17-10-14(21)11-23-20(17)22/h4-11,24H,1-3H3,(H2,22,23). The molecule has 28 heavy (non-hydrogen) atoms. The molecule has 0 aliphatic heterocycles. The number of ether oxygens (including phenoxy) is 1. The van der Waals surface area contributed by atoms with Crippen LogP contribution in [0.25, 0.3) is 22.3 Å². The fourth-order valence-corrected chi connectivity index (χ4v) is 3.93. The molecular formula is C20H20BrN3O3S. The van der Waals surface area contributed by atoms with Gasteiger partial charge in [0.05, 0.1) is 19.1 Å². The number of nitrogens with two attached hydrogens (primary N) is 1. The van der Waals surface area contributed by atoms with Crippen molar-refractivity contribution in [2.45, 2.75) is 6.92 Å². The molecule has 0 spiro atoms. The minimum absolute atomic E-state index is 0.391. The monoisotopic (exact) mass is 461 g/mol. The Hall–Kier alpha value is -2.58. The van der Waals surface area contributed by atoms with Gasteiger partial charge in [0.2, 0.25) is 10.0 Å². The maximum absolute atomic E-state index is 11.8. The van der Waals surface area contributed by atoms with Crippen molar-refractivity contribution in [3.63, 3.8) is 0 Å². The smallest absolute Gasteiger partial charge is 0.229 e. The summed E-state index contributed by atoms with van der Waals surface area (Å²) < 4.78 is 32.5. The van der Waals surface area contributed by atoms with Crippen molar-refractivity contribution < 1.29 is 13.2 Å². The molecule has 3 N–H and O–H groups in total. The quantitative estimate of drug-likeness (QED) is 0.585. The van der Waals surface area contributed by atoms with Gasteiger partial charge in [0.25, 0.3) is 0 Å². The zero-order chi connectivity index (χ0) is 20.5. The third kappa shape index (κ3) is 4.28. The molecule has 8 heteroatoms. The predicted octanol–water partition coefficient (Wildman–Crippen LogP) is 4.45. The van der Waals surface area contributed by atoms with Crippen LogP contribution in [0, 0.1) is 6.92 Å². The van der Waals surface area contributed by atoms with E-state index in [-0.39, 0.29) is 0 Å². The van der Waals surface area contributed by atoms with Crippen molar-refractivity contribution in [3.8, 4) is 28.0 Å². The molecule has 0 saturated carbocycles. The summed E-state index contributed by atoms with van der Waals surface area (Å²) in [5, 5.41) is 0. The first-order chi connectivity index (χ1) is 13.2. The van der Waals surface area contributed by atoms with Gasteiger partial charge < -0.3 is 10.5 Å². The number of hydrogen-bond acceptors (Lipinski definition) is 5. The summed E-state index contributed by atoms with van der Waals surface area (Å²) >= 11 is 3.43. The fraction of sp³-hybridized carbons (Fsp3) is 0.150. The molecule has 2 aromatic carbocycles. The van der Waals surface area contributed by atoms with Gasteiger partial charge in [-0.15, -0.1) is 0 Å². The second kappa shape index (κ2) is 7.81. The topological polar surface area (TPSA) is 94.3 Å². The molecule has 3 rings (SSSR count). The molecule has 0 radical (unpaired) electrons. The highest BCUT2D eigenvalue weighted by Crippen LogP contribution is 2.40. The van der Waals surface area contributed by atoms with Crippen molar-refractivity contribution in [1.82, 2.24) is 4.98 Å². The number of aromatic nitrogens is 1.